The first-order chi connectivity index (χ1) is 12.6. The summed E-state index contributed by atoms with van der Waals surface area (Å²) in [6.07, 6.45) is 7.12. The van der Waals surface area contributed by atoms with E-state index in [4.69, 9.17) is 0 Å². The lowest BCUT2D eigenvalue weighted by atomic mass is 9.77. The maximum Gasteiger partial charge on any atom is 0.167 e. The fraction of sp³-hybridized carbons (Fsp3) is 0.538. The molecule has 0 heterocycles. The molecule has 0 saturated heterocycles. The Bertz CT molecular complexity index is 702. The van der Waals surface area contributed by atoms with Gasteiger partial charge in [0.05, 0.1) is 0 Å². The molecule has 2 rings (SSSR count). The molecule has 0 bridgehead atoms. The van der Waals surface area contributed by atoms with Crippen LogP contribution < -0.4 is 0 Å². The number of Topliss-reactive ketones (excluding diaryl/α,β-unsaturated/α-hetero) is 1. The van der Waals surface area contributed by atoms with Crippen LogP contribution in [0.2, 0.25) is 0 Å². The van der Waals surface area contributed by atoms with Gasteiger partial charge in [-0.1, -0.05) is 91.3 Å². The normalized spacial score (nSPS) is 17.7. The third-order valence-electron chi connectivity index (χ3n) is 5.69. The predicted octanol–water partition coefficient (Wildman–Crippen LogP) is 7.04. The number of rotatable bonds is 7. The largest absolute Gasteiger partial charge is 0.294 e. The highest BCUT2D eigenvalue weighted by atomic mass is 16.1. The zero-order chi connectivity index (χ0) is 20.3. The number of carbonyl (C=O) groups excluding carboxylic acids is 1. The molecule has 1 unspecified atom stereocenters. The molecule has 27 heavy (non-hydrogen) atoms. The van der Waals surface area contributed by atoms with Crippen LogP contribution >= 0.6 is 0 Å². The van der Waals surface area contributed by atoms with Crippen molar-refractivity contribution in [3.05, 3.63) is 64.6 Å². The molecular formula is C26H37O. The molecule has 0 aromatic heterocycles. The Hall–Kier alpha value is -1.63. The highest BCUT2D eigenvalue weighted by Crippen LogP contribution is 2.34. The third-order valence-corrected chi connectivity index (χ3v) is 5.69. The molecule has 1 aliphatic carbocycles. The zero-order valence-corrected chi connectivity index (χ0v) is 18.5. The Morgan fingerprint density at radius 1 is 0.889 bits per heavy atom. The monoisotopic (exact) mass is 365 g/mol. The molecule has 0 fully saturated rings. The highest BCUT2D eigenvalue weighted by molar-refractivity contribution is 6.01. The minimum Gasteiger partial charge on any atom is -0.294 e. The van der Waals surface area contributed by atoms with Gasteiger partial charge >= 0.3 is 0 Å². The van der Waals surface area contributed by atoms with E-state index >= 15 is 0 Å². The SMILES string of the molecule is CC(C)C1=C(C(=O)Cc2c(C(C)C)cccc2C(C)C)C=CC(C(C)C)[CH]1. The van der Waals surface area contributed by atoms with Crippen LogP contribution in [0.5, 0.6) is 0 Å². The molecule has 1 nitrogen and oxygen atoms in total. The van der Waals surface area contributed by atoms with Crippen molar-refractivity contribution >= 4 is 5.78 Å². The first-order valence-corrected chi connectivity index (χ1v) is 10.6. The first-order valence-electron chi connectivity index (χ1n) is 10.6. The van der Waals surface area contributed by atoms with E-state index in [0.717, 1.165) is 5.57 Å². The summed E-state index contributed by atoms with van der Waals surface area (Å²) in [5.41, 5.74) is 5.99. The van der Waals surface area contributed by atoms with E-state index in [2.05, 4.69) is 92.2 Å². The fourth-order valence-corrected chi connectivity index (χ4v) is 3.99. The molecule has 1 heteroatoms. The van der Waals surface area contributed by atoms with Gasteiger partial charge in [-0.2, -0.15) is 0 Å². The number of ketones is 1. The van der Waals surface area contributed by atoms with Gasteiger partial charge in [0.25, 0.3) is 0 Å². The van der Waals surface area contributed by atoms with Gasteiger partial charge < -0.3 is 0 Å². The maximum atomic E-state index is 13.4. The minimum atomic E-state index is 0.253. The highest BCUT2D eigenvalue weighted by Gasteiger charge is 2.26. The van der Waals surface area contributed by atoms with Gasteiger partial charge in [-0.25, -0.2) is 0 Å². The van der Waals surface area contributed by atoms with Gasteiger partial charge in [0.15, 0.2) is 5.78 Å². The van der Waals surface area contributed by atoms with Crippen molar-refractivity contribution in [1.82, 2.24) is 0 Å². The lowest BCUT2D eigenvalue weighted by molar-refractivity contribution is -0.114. The molecule has 0 spiro atoms. The van der Waals surface area contributed by atoms with E-state index in [-0.39, 0.29) is 5.78 Å². The average molecular weight is 366 g/mol. The summed E-state index contributed by atoms with van der Waals surface area (Å²) in [5.74, 6) is 2.44. The summed E-state index contributed by atoms with van der Waals surface area (Å²) in [7, 11) is 0. The molecule has 1 aromatic rings. The van der Waals surface area contributed by atoms with Crippen LogP contribution in [0, 0.1) is 24.2 Å². The van der Waals surface area contributed by atoms with E-state index in [1.165, 1.54) is 22.3 Å². The van der Waals surface area contributed by atoms with Crippen molar-refractivity contribution in [2.24, 2.45) is 17.8 Å². The van der Waals surface area contributed by atoms with Crippen LogP contribution in [0.15, 0.2) is 41.5 Å². The van der Waals surface area contributed by atoms with Crippen LogP contribution in [-0.2, 0) is 11.2 Å². The van der Waals surface area contributed by atoms with Crippen molar-refractivity contribution < 1.29 is 4.79 Å². The topological polar surface area (TPSA) is 17.1 Å². The fourth-order valence-electron chi connectivity index (χ4n) is 3.99. The van der Waals surface area contributed by atoms with Crippen LogP contribution in [0.1, 0.15) is 83.9 Å². The van der Waals surface area contributed by atoms with Gasteiger partial charge in [-0.05, 0) is 52.7 Å². The van der Waals surface area contributed by atoms with E-state index in [0.29, 0.717) is 36.0 Å². The molecular weight excluding hydrogens is 328 g/mol. The van der Waals surface area contributed by atoms with Crippen molar-refractivity contribution in [3.8, 4) is 0 Å². The Morgan fingerprint density at radius 2 is 1.44 bits per heavy atom. The standard InChI is InChI=1S/C26H37O/c1-16(2)20-12-13-23(24(14-20)19(7)8)26(27)15-25-21(17(3)4)10-9-11-22(25)18(5)6/h9-14,16-20H,15H2,1-8H3. The Labute approximate surface area is 167 Å². The molecule has 0 amide bonds. The Morgan fingerprint density at radius 3 is 1.89 bits per heavy atom. The summed E-state index contributed by atoms with van der Waals surface area (Å²) in [6.45, 7) is 17.7. The van der Waals surface area contributed by atoms with E-state index in [1.807, 2.05) is 0 Å². The quantitative estimate of drug-likeness (QED) is 0.506. The Balaban J connectivity index is 2.42. The van der Waals surface area contributed by atoms with Crippen molar-refractivity contribution in [2.45, 2.75) is 73.6 Å². The number of carbonyl (C=O) groups is 1. The summed E-state index contributed by atoms with van der Waals surface area (Å²) >= 11 is 0. The second-order valence-electron chi connectivity index (χ2n) is 9.20. The second kappa shape index (κ2) is 9.04. The van der Waals surface area contributed by atoms with Crippen LogP contribution in [-0.4, -0.2) is 5.78 Å². The Kier molecular flexibility index (Phi) is 7.25. The van der Waals surface area contributed by atoms with Crippen molar-refractivity contribution in [3.63, 3.8) is 0 Å². The molecule has 0 aliphatic heterocycles. The first kappa shape index (κ1) is 21.7. The lowest BCUT2D eigenvalue weighted by Gasteiger charge is -2.27. The third kappa shape index (κ3) is 5.00. The minimum absolute atomic E-state index is 0.253. The van der Waals surface area contributed by atoms with Crippen LogP contribution in [0.4, 0.5) is 0 Å². The van der Waals surface area contributed by atoms with Crippen molar-refractivity contribution in [1.29, 1.82) is 0 Å². The van der Waals surface area contributed by atoms with Gasteiger partial charge in [0.1, 0.15) is 0 Å². The lowest BCUT2D eigenvalue weighted by Crippen LogP contribution is -2.20. The number of hydrogen-bond donors (Lipinski definition) is 0. The average Bonchev–Trinajstić information content (AvgIpc) is 2.60. The van der Waals surface area contributed by atoms with Gasteiger partial charge in [0.2, 0.25) is 0 Å². The molecule has 147 valence electrons. The summed E-state index contributed by atoms with van der Waals surface area (Å²) < 4.78 is 0. The summed E-state index contributed by atoms with van der Waals surface area (Å²) in [6, 6.07) is 6.52. The van der Waals surface area contributed by atoms with Crippen molar-refractivity contribution in [2.75, 3.05) is 0 Å². The summed E-state index contributed by atoms with van der Waals surface area (Å²) in [5, 5.41) is 0. The molecule has 0 N–H and O–H groups in total. The van der Waals surface area contributed by atoms with Crippen LogP contribution in [0.3, 0.4) is 0 Å². The molecule has 1 aliphatic rings. The predicted molar refractivity (Wildman–Crippen MR) is 117 cm³/mol. The molecule has 1 atom stereocenters. The summed E-state index contributed by atoms with van der Waals surface area (Å²) in [4.78, 5) is 13.4. The smallest absolute Gasteiger partial charge is 0.167 e. The van der Waals surface area contributed by atoms with E-state index < -0.39 is 0 Å². The van der Waals surface area contributed by atoms with Crippen LogP contribution in [0.25, 0.3) is 0 Å². The maximum absolute atomic E-state index is 13.4. The van der Waals surface area contributed by atoms with E-state index in [9.17, 15) is 4.79 Å². The second-order valence-corrected chi connectivity index (χ2v) is 9.20. The molecule has 1 radical (unpaired) electrons. The van der Waals surface area contributed by atoms with Gasteiger partial charge in [0, 0.05) is 12.0 Å². The number of benzene rings is 1. The molecule has 0 saturated carbocycles. The number of allylic oxidation sites excluding steroid dienone is 4. The number of hydrogen-bond acceptors (Lipinski definition) is 1. The zero-order valence-electron chi connectivity index (χ0n) is 18.5. The van der Waals surface area contributed by atoms with Gasteiger partial charge in [-0.3, -0.25) is 4.79 Å². The molecule has 1 aromatic carbocycles. The van der Waals surface area contributed by atoms with Gasteiger partial charge in [-0.15, -0.1) is 0 Å². The van der Waals surface area contributed by atoms with E-state index in [1.54, 1.807) is 0 Å².